The van der Waals surface area contributed by atoms with E-state index >= 15 is 0 Å². The quantitative estimate of drug-likeness (QED) is 0.312. The molecule has 0 aromatic heterocycles. The molecule has 0 amide bonds. The van der Waals surface area contributed by atoms with Crippen LogP contribution in [0.1, 0.15) is 103 Å². The first kappa shape index (κ1) is 28.2. The van der Waals surface area contributed by atoms with Crippen molar-refractivity contribution in [3.8, 4) is 16.9 Å². The molecule has 2 aliphatic heterocycles. The van der Waals surface area contributed by atoms with E-state index in [2.05, 4.69) is 78.8 Å². The molecular formula is C32H47BO4. The Balaban J connectivity index is 1.83. The lowest BCUT2D eigenvalue weighted by atomic mass is 9.75. The maximum absolute atomic E-state index is 6.74. The summed E-state index contributed by atoms with van der Waals surface area (Å²) in [5.74, 6) is 0.838. The summed E-state index contributed by atoms with van der Waals surface area (Å²) in [6.07, 6.45) is 9.83. The Hall–Kier alpha value is -1.82. The fourth-order valence-corrected chi connectivity index (χ4v) is 5.20. The molecule has 4 rings (SSSR count). The van der Waals surface area contributed by atoms with Crippen LogP contribution in [-0.2, 0) is 26.9 Å². The Bertz CT molecular complexity index is 1010. The largest absolute Gasteiger partial charge is 0.498 e. The molecule has 4 nitrogen and oxygen atoms in total. The number of hydrogen-bond acceptors (Lipinski definition) is 4. The summed E-state index contributed by atoms with van der Waals surface area (Å²) in [5, 5.41) is 0. The summed E-state index contributed by atoms with van der Waals surface area (Å²) < 4.78 is 25.9. The standard InChI is InChI=1S/C32H47BO4/c1-8-10-14-24-20-25(15-11-9-2)22-26(21-24)27-18-23(3)19-28(30(27)35-29-16-12-13-17-34-29)33-36-31(4,5)32(6,7)37-33/h18-22,29H,8-17H2,1-7H3. The molecule has 5 heteroatoms. The summed E-state index contributed by atoms with van der Waals surface area (Å²) in [7, 11) is -0.495. The van der Waals surface area contributed by atoms with Gasteiger partial charge in [-0.15, -0.1) is 0 Å². The van der Waals surface area contributed by atoms with E-state index in [-0.39, 0.29) is 6.29 Å². The molecule has 0 N–H and O–H groups in total. The van der Waals surface area contributed by atoms with Gasteiger partial charge in [0.05, 0.1) is 17.8 Å². The molecule has 2 aromatic rings. The number of rotatable bonds is 10. The molecule has 0 radical (unpaired) electrons. The molecule has 2 aliphatic rings. The van der Waals surface area contributed by atoms with Crippen LogP contribution in [0.3, 0.4) is 0 Å². The molecule has 202 valence electrons. The Morgan fingerprint density at radius 2 is 1.49 bits per heavy atom. The smallest absolute Gasteiger partial charge is 0.465 e. The summed E-state index contributed by atoms with van der Waals surface area (Å²) >= 11 is 0. The maximum atomic E-state index is 6.74. The molecule has 0 saturated carbocycles. The van der Waals surface area contributed by atoms with Gasteiger partial charge in [0.15, 0.2) is 6.29 Å². The van der Waals surface area contributed by atoms with Crippen LogP contribution in [0.2, 0.25) is 0 Å². The van der Waals surface area contributed by atoms with Gasteiger partial charge in [0.1, 0.15) is 5.75 Å². The molecule has 0 spiro atoms. The van der Waals surface area contributed by atoms with Gasteiger partial charge in [-0.25, -0.2) is 0 Å². The van der Waals surface area contributed by atoms with Crippen LogP contribution in [0.15, 0.2) is 30.3 Å². The minimum atomic E-state index is -0.495. The van der Waals surface area contributed by atoms with Crippen molar-refractivity contribution in [2.75, 3.05) is 6.61 Å². The van der Waals surface area contributed by atoms with Gasteiger partial charge >= 0.3 is 7.12 Å². The van der Waals surface area contributed by atoms with Crippen molar-refractivity contribution in [3.63, 3.8) is 0 Å². The molecule has 0 aliphatic carbocycles. The third kappa shape index (κ3) is 6.61. The van der Waals surface area contributed by atoms with E-state index < -0.39 is 18.3 Å². The van der Waals surface area contributed by atoms with E-state index in [9.17, 15) is 0 Å². The molecule has 2 fully saturated rings. The van der Waals surface area contributed by atoms with Gasteiger partial charge < -0.3 is 18.8 Å². The molecule has 2 saturated heterocycles. The van der Waals surface area contributed by atoms with Crippen LogP contribution in [0.25, 0.3) is 11.1 Å². The monoisotopic (exact) mass is 506 g/mol. The Morgan fingerprint density at radius 1 is 0.865 bits per heavy atom. The highest BCUT2D eigenvalue weighted by Crippen LogP contribution is 2.40. The Kier molecular flexibility index (Phi) is 9.09. The first-order chi connectivity index (χ1) is 17.6. The summed E-state index contributed by atoms with van der Waals surface area (Å²) in [6, 6.07) is 11.6. The van der Waals surface area contributed by atoms with Gasteiger partial charge in [-0.2, -0.15) is 0 Å². The molecule has 1 unspecified atom stereocenters. The Morgan fingerprint density at radius 3 is 2.03 bits per heavy atom. The normalized spacial score (nSPS) is 20.8. The molecule has 2 heterocycles. The molecular weight excluding hydrogens is 459 g/mol. The van der Waals surface area contributed by atoms with E-state index in [4.69, 9.17) is 18.8 Å². The number of hydrogen-bond donors (Lipinski definition) is 0. The van der Waals surface area contributed by atoms with Gasteiger partial charge in [0.2, 0.25) is 0 Å². The minimum absolute atomic E-state index is 0.251. The number of unbranched alkanes of at least 4 members (excludes halogenated alkanes) is 2. The highest BCUT2D eigenvalue weighted by Gasteiger charge is 2.52. The average Bonchev–Trinajstić information content (AvgIpc) is 3.09. The average molecular weight is 507 g/mol. The first-order valence-electron chi connectivity index (χ1n) is 14.5. The Labute approximate surface area is 225 Å². The highest BCUT2D eigenvalue weighted by molar-refractivity contribution is 6.63. The van der Waals surface area contributed by atoms with Gasteiger partial charge in [-0.1, -0.05) is 56.5 Å². The van der Waals surface area contributed by atoms with Crippen molar-refractivity contribution >= 4 is 12.6 Å². The first-order valence-corrected chi connectivity index (χ1v) is 14.5. The van der Waals surface area contributed by atoms with Crippen LogP contribution < -0.4 is 10.2 Å². The topological polar surface area (TPSA) is 36.9 Å². The van der Waals surface area contributed by atoms with E-state index in [1.807, 2.05) is 0 Å². The van der Waals surface area contributed by atoms with Crippen LogP contribution in [0, 0.1) is 6.92 Å². The summed E-state index contributed by atoms with van der Waals surface area (Å²) in [5.41, 5.74) is 6.42. The van der Waals surface area contributed by atoms with Crippen molar-refractivity contribution in [1.29, 1.82) is 0 Å². The van der Waals surface area contributed by atoms with E-state index in [0.717, 1.165) is 55.5 Å². The second-order valence-corrected chi connectivity index (χ2v) is 12.0. The molecule has 37 heavy (non-hydrogen) atoms. The third-order valence-corrected chi connectivity index (χ3v) is 8.16. The summed E-state index contributed by atoms with van der Waals surface area (Å²) in [6.45, 7) is 15.8. The zero-order valence-corrected chi connectivity index (χ0v) is 24.2. The van der Waals surface area contributed by atoms with Gasteiger partial charge in [-0.3, -0.25) is 0 Å². The maximum Gasteiger partial charge on any atom is 0.498 e. The van der Waals surface area contributed by atoms with Crippen LogP contribution in [0.5, 0.6) is 5.75 Å². The van der Waals surface area contributed by atoms with Crippen molar-refractivity contribution in [3.05, 3.63) is 47.0 Å². The van der Waals surface area contributed by atoms with Crippen LogP contribution >= 0.6 is 0 Å². The van der Waals surface area contributed by atoms with Crippen LogP contribution in [-0.4, -0.2) is 31.2 Å². The number of benzene rings is 2. The number of aryl methyl sites for hydroxylation is 3. The van der Waals surface area contributed by atoms with Gasteiger partial charge in [0, 0.05) is 17.4 Å². The zero-order chi connectivity index (χ0) is 26.6. The fraction of sp³-hybridized carbons (Fsp3) is 0.625. The predicted octanol–water partition coefficient (Wildman–Crippen LogP) is 7.55. The second kappa shape index (κ2) is 11.9. The van der Waals surface area contributed by atoms with Crippen molar-refractivity contribution in [2.45, 2.75) is 124 Å². The fourth-order valence-electron chi connectivity index (χ4n) is 5.20. The predicted molar refractivity (Wildman–Crippen MR) is 154 cm³/mol. The van der Waals surface area contributed by atoms with E-state index in [1.165, 1.54) is 47.9 Å². The number of ether oxygens (including phenoxy) is 2. The second-order valence-electron chi connectivity index (χ2n) is 12.0. The summed E-state index contributed by atoms with van der Waals surface area (Å²) in [4.78, 5) is 0. The van der Waals surface area contributed by atoms with Crippen molar-refractivity contribution in [2.24, 2.45) is 0 Å². The van der Waals surface area contributed by atoms with Crippen LogP contribution in [0.4, 0.5) is 0 Å². The molecule has 2 aromatic carbocycles. The van der Waals surface area contributed by atoms with Gasteiger partial charge in [-0.05, 0) is 95.9 Å². The third-order valence-electron chi connectivity index (χ3n) is 8.16. The van der Waals surface area contributed by atoms with E-state index in [0.29, 0.717) is 0 Å². The van der Waals surface area contributed by atoms with Crippen molar-refractivity contribution < 1.29 is 18.8 Å². The SMILES string of the molecule is CCCCc1cc(CCCC)cc(-c2cc(C)cc(B3OC(C)(C)C(C)(C)O3)c2OC2CCCCO2)c1. The zero-order valence-electron chi connectivity index (χ0n) is 24.2. The lowest BCUT2D eigenvalue weighted by molar-refractivity contribution is -0.105. The molecule has 1 atom stereocenters. The molecule has 0 bridgehead atoms. The highest BCUT2D eigenvalue weighted by atomic mass is 16.7. The lowest BCUT2D eigenvalue weighted by Crippen LogP contribution is -2.41. The van der Waals surface area contributed by atoms with Gasteiger partial charge in [0.25, 0.3) is 0 Å². The van der Waals surface area contributed by atoms with Crippen molar-refractivity contribution in [1.82, 2.24) is 0 Å². The minimum Gasteiger partial charge on any atom is -0.465 e. The lowest BCUT2D eigenvalue weighted by Gasteiger charge is -2.32. The van der Waals surface area contributed by atoms with E-state index in [1.54, 1.807) is 0 Å².